The molecule has 0 atom stereocenters. The van der Waals surface area contributed by atoms with Crippen molar-refractivity contribution in [3.63, 3.8) is 0 Å². The van der Waals surface area contributed by atoms with Crippen molar-refractivity contribution in [3.05, 3.63) is 40.0 Å². The number of hydrogen-bond acceptors (Lipinski definition) is 3. The Morgan fingerprint density at radius 3 is 2.63 bits per heavy atom. The van der Waals surface area contributed by atoms with Crippen molar-refractivity contribution < 1.29 is 4.79 Å². The van der Waals surface area contributed by atoms with Crippen LogP contribution in [-0.2, 0) is 4.79 Å². The SMILES string of the molecule is CC(C)N/C=C(/C#N)C(=O)Nc1ccc(Cl)cc1Cl. The fourth-order valence-corrected chi connectivity index (χ4v) is 1.63. The minimum Gasteiger partial charge on any atom is -0.387 e. The highest BCUT2D eigenvalue weighted by molar-refractivity contribution is 6.36. The van der Waals surface area contributed by atoms with Gasteiger partial charge < -0.3 is 10.6 Å². The zero-order valence-electron chi connectivity index (χ0n) is 10.5. The first-order chi connectivity index (χ1) is 8.93. The molecular weight excluding hydrogens is 285 g/mol. The van der Waals surface area contributed by atoms with Crippen LogP contribution in [0.5, 0.6) is 0 Å². The second-order valence-corrected chi connectivity index (χ2v) is 4.91. The molecule has 100 valence electrons. The summed E-state index contributed by atoms with van der Waals surface area (Å²) in [5.74, 6) is -0.528. The Hall–Kier alpha value is -1.70. The zero-order chi connectivity index (χ0) is 14.4. The van der Waals surface area contributed by atoms with E-state index in [4.69, 9.17) is 28.5 Å². The fourth-order valence-electron chi connectivity index (χ4n) is 1.18. The van der Waals surface area contributed by atoms with Crippen molar-refractivity contribution in [2.75, 3.05) is 5.32 Å². The van der Waals surface area contributed by atoms with Crippen LogP contribution in [0.3, 0.4) is 0 Å². The molecule has 0 saturated heterocycles. The maximum absolute atomic E-state index is 11.9. The summed E-state index contributed by atoms with van der Waals surface area (Å²) in [5.41, 5.74) is 0.376. The summed E-state index contributed by atoms with van der Waals surface area (Å²) in [4.78, 5) is 11.9. The average molecular weight is 298 g/mol. The molecule has 4 nitrogen and oxygen atoms in total. The number of amides is 1. The van der Waals surface area contributed by atoms with Gasteiger partial charge in [-0.1, -0.05) is 23.2 Å². The molecular formula is C13H13Cl2N3O. The molecule has 0 spiro atoms. The van der Waals surface area contributed by atoms with E-state index in [2.05, 4.69) is 10.6 Å². The van der Waals surface area contributed by atoms with E-state index in [0.29, 0.717) is 15.7 Å². The van der Waals surface area contributed by atoms with Crippen LogP contribution in [0, 0.1) is 11.3 Å². The lowest BCUT2D eigenvalue weighted by molar-refractivity contribution is -0.112. The topological polar surface area (TPSA) is 64.9 Å². The Kier molecular flexibility index (Phi) is 5.68. The highest BCUT2D eigenvalue weighted by Crippen LogP contribution is 2.25. The number of anilines is 1. The predicted molar refractivity (Wildman–Crippen MR) is 77.1 cm³/mol. The van der Waals surface area contributed by atoms with E-state index in [-0.39, 0.29) is 11.6 Å². The van der Waals surface area contributed by atoms with Crippen molar-refractivity contribution in [3.8, 4) is 6.07 Å². The first-order valence-corrected chi connectivity index (χ1v) is 6.32. The molecule has 0 aliphatic heterocycles. The van der Waals surface area contributed by atoms with E-state index in [0.717, 1.165) is 0 Å². The van der Waals surface area contributed by atoms with Gasteiger partial charge >= 0.3 is 0 Å². The zero-order valence-corrected chi connectivity index (χ0v) is 12.0. The normalized spacial score (nSPS) is 11.1. The number of nitrogens with zero attached hydrogens (tertiary/aromatic N) is 1. The molecule has 2 N–H and O–H groups in total. The summed E-state index contributed by atoms with van der Waals surface area (Å²) in [5, 5.41) is 15.2. The van der Waals surface area contributed by atoms with Gasteiger partial charge in [0.15, 0.2) is 0 Å². The number of carbonyl (C=O) groups excluding carboxylic acids is 1. The maximum atomic E-state index is 11.9. The van der Waals surface area contributed by atoms with Gasteiger partial charge in [0.05, 0.1) is 10.7 Å². The lowest BCUT2D eigenvalue weighted by atomic mass is 10.2. The third-order valence-electron chi connectivity index (χ3n) is 2.11. The van der Waals surface area contributed by atoms with E-state index >= 15 is 0 Å². The second kappa shape index (κ2) is 7.03. The van der Waals surface area contributed by atoms with E-state index in [1.165, 1.54) is 12.3 Å². The van der Waals surface area contributed by atoms with Gasteiger partial charge in [0.1, 0.15) is 11.6 Å². The number of nitrogens with one attached hydrogen (secondary N) is 2. The number of hydrogen-bond donors (Lipinski definition) is 2. The molecule has 1 rings (SSSR count). The van der Waals surface area contributed by atoms with Gasteiger partial charge in [0, 0.05) is 17.3 Å². The third-order valence-corrected chi connectivity index (χ3v) is 2.65. The molecule has 0 bridgehead atoms. The van der Waals surface area contributed by atoms with Gasteiger partial charge in [0.25, 0.3) is 5.91 Å². The third kappa shape index (κ3) is 4.82. The largest absolute Gasteiger partial charge is 0.387 e. The van der Waals surface area contributed by atoms with Crippen molar-refractivity contribution >= 4 is 34.8 Å². The Balaban J connectivity index is 2.83. The summed E-state index contributed by atoms with van der Waals surface area (Å²) >= 11 is 11.7. The van der Waals surface area contributed by atoms with Crippen LogP contribution in [0.1, 0.15) is 13.8 Å². The Morgan fingerprint density at radius 2 is 2.11 bits per heavy atom. The van der Waals surface area contributed by atoms with Crippen molar-refractivity contribution in [2.45, 2.75) is 19.9 Å². The summed E-state index contributed by atoms with van der Waals surface area (Å²) in [6, 6.07) is 6.65. The van der Waals surface area contributed by atoms with Gasteiger partial charge in [-0.15, -0.1) is 0 Å². The van der Waals surface area contributed by atoms with Gasteiger partial charge in [-0.05, 0) is 32.0 Å². The molecule has 1 aromatic carbocycles. The summed E-state index contributed by atoms with van der Waals surface area (Å²) in [6.07, 6.45) is 1.38. The highest BCUT2D eigenvalue weighted by atomic mass is 35.5. The van der Waals surface area contributed by atoms with Crippen LogP contribution in [-0.4, -0.2) is 11.9 Å². The molecule has 1 amide bonds. The quantitative estimate of drug-likeness (QED) is 0.662. The van der Waals surface area contributed by atoms with Crippen LogP contribution < -0.4 is 10.6 Å². The Bertz CT molecular complexity index is 547. The van der Waals surface area contributed by atoms with Crippen LogP contribution in [0.25, 0.3) is 0 Å². The summed E-state index contributed by atoms with van der Waals surface area (Å²) < 4.78 is 0. The number of benzene rings is 1. The first-order valence-electron chi connectivity index (χ1n) is 5.56. The van der Waals surface area contributed by atoms with Crippen molar-refractivity contribution in [2.24, 2.45) is 0 Å². The molecule has 0 aliphatic rings. The smallest absolute Gasteiger partial charge is 0.267 e. The molecule has 0 radical (unpaired) electrons. The maximum Gasteiger partial charge on any atom is 0.267 e. The number of nitriles is 1. The Labute approximate surface area is 122 Å². The minimum absolute atomic E-state index is 0.0280. The molecule has 0 aliphatic carbocycles. The number of halogens is 2. The molecule has 0 fully saturated rings. The first kappa shape index (κ1) is 15.4. The molecule has 1 aromatic rings. The van der Waals surface area contributed by atoms with Crippen molar-refractivity contribution in [1.82, 2.24) is 5.32 Å². The monoisotopic (exact) mass is 297 g/mol. The molecule has 0 saturated carbocycles. The fraction of sp³-hybridized carbons (Fsp3) is 0.231. The Morgan fingerprint density at radius 1 is 1.42 bits per heavy atom. The van der Waals surface area contributed by atoms with Gasteiger partial charge in [-0.25, -0.2) is 0 Å². The standard InChI is InChI=1S/C13H13Cl2N3O/c1-8(2)17-7-9(6-16)13(19)18-12-4-3-10(14)5-11(12)15/h3-5,7-8,17H,1-2H3,(H,18,19)/b9-7-. The summed E-state index contributed by atoms with van der Waals surface area (Å²) in [6.45, 7) is 3.80. The molecule has 0 unspecified atom stereocenters. The van der Waals surface area contributed by atoms with Crippen LogP contribution in [0.4, 0.5) is 5.69 Å². The molecule has 0 aromatic heterocycles. The van der Waals surface area contributed by atoms with E-state index in [1.54, 1.807) is 12.1 Å². The van der Waals surface area contributed by atoms with Crippen LogP contribution in [0.2, 0.25) is 10.0 Å². The average Bonchev–Trinajstić information content (AvgIpc) is 2.33. The van der Waals surface area contributed by atoms with Crippen molar-refractivity contribution in [1.29, 1.82) is 5.26 Å². The van der Waals surface area contributed by atoms with Crippen LogP contribution >= 0.6 is 23.2 Å². The second-order valence-electron chi connectivity index (χ2n) is 4.07. The molecule has 19 heavy (non-hydrogen) atoms. The lowest BCUT2D eigenvalue weighted by Gasteiger charge is -2.08. The predicted octanol–water partition coefficient (Wildman–Crippen LogP) is 3.34. The van der Waals surface area contributed by atoms with E-state index in [9.17, 15) is 4.79 Å². The van der Waals surface area contributed by atoms with E-state index in [1.807, 2.05) is 19.9 Å². The molecule has 6 heteroatoms. The highest BCUT2D eigenvalue weighted by Gasteiger charge is 2.11. The molecule has 0 heterocycles. The minimum atomic E-state index is -0.528. The van der Waals surface area contributed by atoms with E-state index < -0.39 is 5.91 Å². The van der Waals surface area contributed by atoms with Crippen LogP contribution in [0.15, 0.2) is 30.0 Å². The van der Waals surface area contributed by atoms with Gasteiger partial charge in [-0.3, -0.25) is 4.79 Å². The lowest BCUT2D eigenvalue weighted by Crippen LogP contribution is -2.20. The number of rotatable bonds is 4. The van der Waals surface area contributed by atoms with Gasteiger partial charge in [-0.2, -0.15) is 5.26 Å². The summed E-state index contributed by atoms with van der Waals surface area (Å²) in [7, 11) is 0. The van der Waals surface area contributed by atoms with Gasteiger partial charge in [0.2, 0.25) is 0 Å². The number of carbonyl (C=O) groups is 1.